The van der Waals surface area contributed by atoms with Crippen molar-refractivity contribution in [2.75, 3.05) is 0 Å². The molecule has 0 saturated carbocycles. The van der Waals surface area contributed by atoms with Crippen LogP contribution in [0.5, 0.6) is 0 Å². The van der Waals surface area contributed by atoms with Crippen LogP contribution in [0, 0.1) is 6.92 Å². The van der Waals surface area contributed by atoms with E-state index >= 15 is 0 Å². The van der Waals surface area contributed by atoms with Crippen molar-refractivity contribution in [3.05, 3.63) is 58.8 Å². The lowest BCUT2D eigenvalue weighted by molar-refractivity contribution is 1.50. The molecule has 3 aromatic carbocycles. The first-order chi connectivity index (χ1) is 9.84. The van der Waals surface area contributed by atoms with Crippen LogP contribution in [0.25, 0.3) is 33.7 Å². The highest BCUT2D eigenvalue weighted by Gasteiger charge is 2.09. The molecule has 0 spiro atoms. The molecular weight excluding hydrogens is 240 g/mol. The molecule has 0 N–H and O–H groups in total. The SMILES string of the molecule is CC.Cc1ccc2ccc3c4c(ccc1c24)=CCC=C3. The highest BCUT2D eigenvalue weighted by atomic mass is 14.1. The molecule has 0 nitrogen and oxygen atoms in total. The van der Waals surface area contributed by atoms with E-state index in [9.17, 15) is 0 Å². The molecule has 0 aromatic heterocycles. The molecule has 0 bridgehead atoms. The molecule has 0 radical (unpaired) electrons. The Bertz CT molecular complexity index is 851. The van der Waals surface area contributed by atoms with Crippen molar-refractivity contribution in [3.8, 4) is 0 Å². The van der Waals surface area contributed by atoms with Crippen LogP contribution in [0.4, 0.5) is 0 Å². The maximum absolute atomic E-state index is 2.32. The summed E-state index contributed by atoms with van der Waals surface area (Å²) in [6, 6.07) is 13.5. The fourth-order valence-electron chi connectivity index (χ4n) is 3.05. The second-order valence-electron chi connectivity index (χ2n) is 5.05. The summed E-state index contributed by atoms with van der Waals surface area (Å²) in [7, 11) is 0. The van der Waals surface area contributed by atoms with Crippen LogP contribution < -0.4 is 5.22 Å². The topological polar surface area (TPSA) is 0 Å². The Morgan fingerprint density at radius 3 is 2.50 bits per heavy atom. The van der Waals surface area contributed by atoms with Gasteiger partial charge in [-0.2, -0.15) is 0 Å². The Balaban J connectivity index is 0.000000581. The molecule has 0 fully saturated rings. The van der Waals surface area contributed by atoms with Crippen molar-refractivity contribution in [2.45, 2.75) is 27.2 Å². The third kappa shape index (κ3) is 1.84. The largest absolute Gasteiger partial charge is 0.0801 e. The van der Waals surface area contributed by atoms with E-state index in [1.807, 2.05) is 13.8 Å². The van der Waals surface area contributed by atoms with Gasteiger partial charge in [-0.15, -0.1) is 0 Å². The van der Waals surface area contributed by atoms with Gasteiger partial charge in [-0.3, -0.25) is 0 Å². The van der Waals surface area contributed by atoms with Gasteiger partial charge in [0.2, 0.25) is 0 Å². The monoisotopic (exact) mass is 260 g/mol. The second kappa shape index (κ2) is 5.13. The van der Waals surface area contributed by atoms with Crippen LogP contribution in [0.2, 0.25) is 0 Å². The van der Waals surface area contributed by atoms with Gasteiger partial charge in [0.05, 0.1) is 0 Å². The summed E-state index contributed by atoms with van der Waals surface area (Å²) in [6.45, 7) is 6.19. The van der Waals surface area contributed by atoms with E-state index in [2.05, 4.69) is 61.5 Å². The quantitative estimate of drug-likeness (QED) is 0.518. The minimum atomic E-state index is 1.02. The number of hydrogen-bond acceptors (Lipinski definition) is 0. The Kier molecular flexibility index (Phi) is 3.31. The summed E-state index contributed by atoms with van der Waals surface area (Å²) < 4.78 is 0. The first-order valence-electron chi connectivity index (χ1n) is 7.46. The van der Waals surface area contributed by atoms with Gasteiger partial charge in [-0.05, 0) is 51.2 Å². The van der Waals surface area contributed by atoms with E-state index in [-0.39, 0.29) is 0 Å². The van der Waals surface area contributed by atoms with E-state index in [0.29, 0.717) is 0 Å². The predicted octanol–water partition coefficient (Wildman–Crippen LogP) is 5.24. The normalized spacial score (nSPS) is 12.8. The molecule has 0 unspecified atom stereocenters. The van der Waals surface area contributed by atoms with Crippen LogP contribution in [-0.2, 0) is 0 Å². The molecule has 4 rings (SSSR count). The van der Waals surface area contributed by atoms with Crippen molar-refractivity contribution >= 4 is 33.7 Å². The first-order valence-corrected chi connectivity index (χ1v) is 7.46. The van der Waals surface area contributed by atoms with Gasteiger partial charge in [0, 0.05) is 0 Å². The van der Waals surface area contributed by atoms with Crippen LogP contribution in [0.3, 0.4) is 0 Å². The second-order valence-corrected chi connectivity index (χ2v) is 5.05. The molecule has 3 aromatic rings. The Hall–Kier alpha value is -2.08. The van der Waals surface area contributed by atoms with Gasteiger partial charge in [0.15, 0.2) is 0 Å². The molecule has 0 heteroatoms. The van der Waals surface area contributed by atoms with Crippen molar-refractivity contribution in [1.29, 1.82) is 0 Å². The molecule has 0 heterocycles. The molecule has 0 atom stereocenters. The first kappa shape index (κ1) is 12.9. The van der Waals surface area contributed by atoms with Gasteiger partial charge >= 0.3 is 0 Å². The lowest BCUT2D eigenvalue weighted by Gasteiger charge is -2.11. The minimum Gasteiger partial charge on any atom is -0.0801 e. The molecule has 20 heavy (non-hydrogen) atoms. The fourth-order valence-corrected chi connectivity index (χ4v) is 3.05. The van der Waals surface area contributed by atoms with Gasteiger partial charge in [0.1, 0.15) is 0 Å². The van der Waals surface area contributed by atoms with E-state index in [0.717, 1.165) is 6.42 Å². The van der Waals surface area contributed by atoms with E-state index < -0.39 is 0 Å². The molecular formula is C20H20. The van der Waals surface area contributed by atoms with Crippen LogP contribution in [0.15, 0.2) is 42.5 Å². The van der Waals surface area contributed by atoms with Crippen LogP contribution in [-0.4, -0.2) is 0 Å². The van der Waals surface area contributed by atoms with Crippen LogP contribution >= 0.6 is 0 Å². The number of rotatable bonds is 0. The molecule has 1 aliphatic carbocycles. The zero-order valence-electron chi connectivity index (χ0n) is 12.4. The van der Waals surface area contributed by atoms with Gasteiger partial charge < -0.3 is 0 Å². The van der Waals surface area contributed by atoms with Crippen molar-refractivity contribution in [3.63, 3.8) is 0 Å². The zero-order valence-corrected chi connectivity index (χ0v) is 12.4. The summed E-state index contributed by atoms with van der Waals surface area (Å²) in [5.41, 5.74) is 2.71. The standard InChI is InChI=1S/C18H14.C2H6/c1-12-6-7-15-9-8-13-4-2-3-5-14-10-11-16(12)18(15)17(13)14;1-2/h2,4-11H,3H2,1H3;1-2H3. The predicted molar refractivity (Wildman–Crippen MR) is 90.9 cm³/mol. The summed E-state index contributed by atoms with van der Waals surface area (Å²) in [5, 5.41) is 6.95. The van der Waals surface area contributed by atoms with Crippen molar-refractivity contribution in [2.24, 2.45) is 0 Å². The summed E-state index contributed by atoms with van der Waals surface area (Å²) >= 11 is 0. The summed E-state index contributed by atoms with van der Waals surface area (Å²) in [6.07, 6.45) is 7.84. The molecule has 0 aliphatic heterocycles. The molecule has 0 saturated heterocycles. The lowest BCUT2D eigenvalue weighted by atomic mass is 9.93. The van der Waals surface area contributed by atoms with E-state index in [1.54, 1.807) is 0 Å². The van der Waals surface area contributed by atoms with Crippen molar-refractivity contribution in [1.82, 2.24) is 0 Å². The van der Waals surface area contributed by atoms with Crippen LogP contribution in [0.1, 0.15) is 31.4 Å². The fraction of sp³-hybridized carbons (Fsp3) is 0.200. The number of hydrogen-bond donors (Lipinski definition) is 0. The Labute approximate surface area is 120 Å². The van der Waals surface area contributed by atoms with E-state index in [1.165, 1.54) is 37.9 Å². The summed E-state index contributed by atoms with van der Waals surface area (Å²) in [5.74, 6) is 0. The average Bonchev–Trinajstić information content (AvgIpc) is 2.72. The van der Waals surface area contributed by atoms with Crippen molar-refractivity contribution < 1.29 is 0 Å². The molecule has 1 aliphatic rings. The number of allylic oxidation sites excluding steroid dienone is 1. The van der Waals surface area contributed by atoms with Gasteiger partial charge in [-0.25, -0.2) is 0 Å². The Morgan fingerprint density at radius 2 is 1.65 bits per heavy atom. The maximum atomic E-state index is 2.32. The zero-order chi connectivity index (χ0) is 14.1. The number of benzene rings is 3. The summed E-state index contributed by atoms with van der Waals surface area (Å²) in [4.78, 5) is 0. The number of aryl methyl sites for hydroxylation is 1. The highest BCUT2D eigenvalue weighted by Crippen LogP contribution is 2.30. The average molecular weight is 260 g/mol. The van der Waals surface area contributed by atoms with Gasteiger partial charge in [-0.1, -0.05) is 68.5 Å². The third-order valence-corrected chi connectivity index (χ3v) is 3.97. The van der Waals surface area contributed by atoms with E-state index in [4.69, 9.17) is 0 Å². The third-order valence-electron chi connectivity index (χ3n) is 3.97. The Morgan fingerprint density at radius 1 is 0.850 bits per heavy atom. The molecule has 100 valence electrons. The smallest absolute Gasteiger partial charge is 0.00243 e. The highest BCUT2D eigenvalue weighted by molar-refractivity contribution is 6.14. The lowest BCUT2D eigenvalue weighted by Crippen LogP contribution is -2.03. The maximum Gasteiger partial charge on any atom is -0.00243 e. The molecule has 0 amide bonds. The van der Waals surface area contributed by atoms with Gasteiger partial charge in [0.25, 0.3) is 0 Å². The minimum absolute atomic E-state index is 1.02.